The summed E-state index contributed by atoms with van der Waals surface area (Å²) in [6.45, 7) is 2.09. The molecule has 20 heavy (non-hydrogen) atoms. The average molecular weight is 339 g/mol. The first kappa shape index (κ1) is 14.6. The van der Waals surface area contributed by atoms with Gasteiger partial charge in [-0.1, -0.05) is 15.9 Å². The van der Waals surface area contributed by atoms with Gasteiger partial charge in [-0.05, 0) is 25.1 Å². The summed E-state index contributed by atoms with van der Waals surface area (Å²) in [4.78, 5) is 16.3. The van der Waals surface area contributed by atoms with Gasteiger partial charge in [-0.2, -0.15) is 0 Å². The zero-order valence-electron chi connectivity index (χ0n) is 11.5. The lowest BCUT2D eigenvalue weighted by Crippen LogP contribution is -2.23. The summed E-state index contributed by atoms with van der Waals surface area (Å²) >= 11 is 3.41. The van der Waals surface area contributed by atoms with E-state index in [-0.39, 0.29) is 11.6 Å². The van der Waals surface area contributed by atoms with E-state index in [1.807, 2.05) is 18.2 Å². The number of halogens is 1. The van der Waals surface area contributed by atoms with Crippen LogP contribution in [0.1, 0.15) is 11.3 Å². The normalized spacial score (nSPS) is 10.4. The van der Waals surface area contributed by atoms with E-state index >= 15 is 0 Å². The molecular formula is C14H15BrN2O3. The van der Waals surface area contributed by atoms with E-state index in [0.717, 1.165) is 10.0 Å². The highest BCUT2D eigenvalue weighted by molar-refractivity contribution is 9.10. The summed E-state index contributed by atoms with van der Waals surface area (Å²) < 4.78 is 12.9. The molecular weight excluding hydrogens is 324 g/mol. The van der Waals surface area contributed by atoms with Crippen LogP contribution in [0, 0.1) is 6.92 Å². The Hall–Kier alpha value is -1.82. The highest BCUT2D eigenvalue weighted by atomic mass is 79.9. The molecule has 0 aliphatic rings. The summed E-state index contributed by atoms with van der Waals surface area (Å²) in [5, 5.41) is 0. The van der Waals surface area contributed by atoms with Crippen molar-refractivity contribution in [1.29, 1.82) is 0 Å². The largest absolute Gasteiger partial charge is 0.496 e. The molecule has 5 nitrogen and oxygen atoms in total. The quantitative estimate of drug-likeness (QED) is 0.858. The molecule has 0 radical (unpaired) electrons. The number of methoxy groups -OCH3 is 2. The molecule has 2 aromatic rings. The molecule has 0 N–H and O–H groups in total. The maximum atomic E-state index is 12.1. The van der Waals surface area contributed by atoms with E-state index in [2.05, 4.69) is 20.9 Å². The topological polar surface area (TPSA) is 53.4 Å². The number of hydrogen-bond acceptors (Lipinski definition) is 4. The fourth-order valence-electron chi connectivity index (χ4n) is 1.94. The van der Waals surface area contributed by atoms with Crippen molar-refractivity contribution in [3.63, 3.8) is 0 Å². The maximum absolute atomic E-state index is 12.1. The Bertz CT molecular complexity index is 683. The molecule has 0 bridgehead atoms. The van der Waals surface area contributed by atoms with Gasteiger partial charge in [-0.3, -0.25) is 9.36 Å². The van der Waals surface area contributed by atoms with Crippen molar-refractivity contribution in [2.75, 3.05) is 14.2 Å². The van der Waals surface area contributed by atoms with Gasteiger partial charge in [0.05, 0.1) is 20.8 Å². The number of nitrogens with zero attached hydrogens (tertiary/aromatic N) is 2. The minimum absolute atomic E-state index is 0.156. The number of rotatable bonds is 4. The first-order valence-corrected chi connectivity index (χ1v) is 6.79. The second-order valence-corrected chi connectivity index (χ2v) is 5.18. The van der Waals surface area contributed by atoms with Crippen LogP contribution in [-0.4, -0.2) is 23.8 Å². The van der Waals surface area contributed by atoms with Gasteiger partial charge in [-0.25, -0.2) is 4.98 Å². The lowest BCUT2D eigenvalue weighted by atomic mass is 10.2. The van der Waals surface area contributed by atoms with Gasteiger partial charge >= 0.3 is 0 Å². The third kappa shape index (κ3) is 3.01. The molecule has 0 aliphatic carbocycles. The molecule has 0 amide bonds. The summed E-state index contributed by atoms with van der Waals surface area (Å²) in [5.41, 5.74) is 1.34. The summed E-state index contributed by atoms with van der Waals surface area (Å²) in [6.07, 6.45) is 0. The van der Waals surface area contributed by atoms with E-state index in [9.17, 15) is 4.79 Å². The Morgan fingerprint density at radius 1 is 1.25 bits per heavy atom. The molecule has 6 heteroatoms. The smallest absolute Gasteiger partial charge is 0.299 e. The van der Waals surface area contributed by atoms with Crippen molar-refractivity contribution in [1.82, 2.24) is 9.55 Å². The second-order valence-electron chi connectivity index (χ2n) is 4.26. The number of ether oxygens (including phenoxy) is 2. The van der Waals surface area contributed by atoms with Crippen molar-refractivity contribution < 1.29 is 9.47 Å². The standard InChI is InChI=1S/C14H15BrN2O3/c1-9-6-13(18)17(14(16-9)20-3)8-10-7-11(15)4-5-12(10)19-2/h4-7H,8H2,1-3H3. The molecule has 1 aromatic carbocycles. The number of aromatic nitrogens is 2. The zero-order valence-corrected chi connectivity index (χ0v) is 13.1. The van der Waals surface area contributed by atoms with Gasteiger partial charge in [0.2, 0.25) is 0 Å². The fourth-order valence-corrected chi connectivity index (χ4v) is 2.35. The molecule has 106 valence electrons. The van der Waals surface area contributed by atoms with Crippen LogP contribution >= 0.6 is 15.9 Å². The molecule has 0 saturated carbocycles. The first-order chi connectivity index (χ1) is 9.55. The minimum Gasteiger partial charge on any atom is -0.496 e. The van der Waals surface area contributed by atoms with Crippen molar-refractivity contribution in [2.45, 2.75) is 13.5 Å². The predicted octanol–water partition coefficient (Wildman–Crippen LogP) is 2.38. The van der Waals surface area contributed by atoms with Gasteiger partial charge in [0.25, 0.3) is 11.6 Å². The van der Waals surface area contributed by atoms with E-state index < -0.39 is 0 Å². The molecule has 1 heterocycles. The van der Waals surface area contributed by atoms with Crippen molar-refractivity contribution >= 4 is 15.9 Å². The molecule has 0 saturated heterocycles. The van der Waals surface area contributed by atoms with E-state index in [1.165, 1.54) is 17.7 Å². The summed E-state index contributed by atoms with van der Waals surface area (Å²) in [6, 6.07) is 7.41. The highest BCUT2D eigenvalue weighted by Crippen LogP contribution is 2.24. The monoisotopic (exact) mass is 338 g/mol. The van der Waals surface area contributed by atoms with Crippen LogP contribution in [0.25, 0.3) is 0 Å². The van der Waals surface area contributed by atoms with E-state index in [4.69, 9.17) is 9.47 Å². The fraction of sp³-hybridized carbons (Fsp3) is 0.286. The molecule has 0 atom stereocenters. The first-order valence-electron chi connectivity index (χ1n) is 6.00. The van der Waals surface area contributed by atoms with Gasteiger partial charge < -0.3 is 9.47 Å². The Morgan fingerprint density at radius 2 is 2.00 bits per heavy atom. The van der Waals surface area contributed by atoms with Gasteiger partial charge in [-0.15, -0.1) is 0 Å². The molecule has 1 aromatic heterocycles. The van der Waals surface area contributed by atoms with Crippen LogP contribution in [0.2, 0.25) is 0 Å². The van der Waals surface area contributed by atoms with Crippen molar-refractivity contribution in [2.24, 2.45) is 0 Å². The Labute approximate surface area is 125 Å². The van der Waals surface area contributed by atoms with Crippen LogP contribution in [0.15, 0.2) is 33.5 Å². The second kappa shape index (κ2) is 6.09. The van der Waals surface area contributed by atoms with Gasteiger partial charge in [0.15, 0.2) is 0 Å². The predicted molar refractivity (Wildman–Crippen MR) is 79.6 cm³/mol. The molecule has 0 aliphatic heterocycles. The highest BCUT2D eigenvalue weighted by Gasteiger charge is 2.11. The Kier molecular flexibility index (Phi) is 4.44. The summed E-state index contributed by atoms with van der Waals surface area (Å²) in [5.74, 6) is 0.711. The lowest BCUT2D eigenvalue weighted by Gasteiger charge is -2.13. The lowest BCUT2D eigenvalue weighted by molar-refractivity contribution is 0.347. The van der Waals surface area contributed by atoms with Crippen LogP contribution in [-0.2, 0) is 6.54 Å². The van der Waals surface area contributed by atoms with Crippen LogP contribution in [0.3, 0.4) is 0 Å². The third-order valence-electron chi connectivity index (χ3n) is 2.85. The Morgan fingerprint density at radius 3 is 2.65 bits per heavy atom. The zero-order chi connectivity index (χ0) is 14.7. The van der Waals surface area contributed by atoms with Crippen molar-refractivity contribution in [3.05, 3.63) is 50.3 Å². The number of hydrogen-bond donors (Lipinski definition) is 0. The van der Waals surface area contributed by atoms with Crippen LogP contribution < -0.4 is 15.0 Å². The van der Waals surface area contributed by atoms with Crippen LogP contribution in [0.4, 0.5) is 0 Å². The summed E-state index contributed by atoms with van der Waals surface area (Å²) in [7, 11) is 3.09. The molecule has 0 fully saturated rings. The van der Waals surface area contributed by atoms with Gasteiger partial charge in [0, 0.05) is 21.8 Å². The number of aryl methyl sites for hydroxylation is 1. The molecule has 2 rings (SSSR count). The van der Waals surface area contributed by atoms with E-state index in [1.54, 1.807) is 14.0 Å². The van der Waals surface area contributed by atoms with Crippen LogP contribution in [0.5, 0.6) is 11.8 Å². The molecule has 0 spiro atoms. The SMILES string of the molecule is COc1ccc(Br)cc1Cn1c(OC)nc(C)cc1=O. The minimum atomic E-state index is -0.156. The maximum Gasteiger partial charge on any atom is 0.299 e. The Balaban J connectivity index is 2.50. The third-order valence-corrected chi connectivity index (χ3v) is 3.35. The van der Waals surface area contributed by atoms with Gasteiger partial charge in [0.1, 0.15) is 5.75 Å². The average Bonchev–Trinajstić information content (AvgIpc) is 2.41. The number of benzene rings is 1. The van der Waals surface area contributed by atoms with E-state index in [0.29, 0.717) is 18.0 Å². The van der Waals surface area contributed by atoms with Crippen molar-refractivity contribution in [3.8, 4) is 11.8 Å². The molecule has 0 unspecified atom stereocenters.